The molecule has 1 aliphatic rings. The highest BCUT2D eigenvalue weighted by molar-refractivity contribution is 5.19. The largest absolute Gasteiger partial charge is 0.0705 e. The summed E-state index contributed by atoms with van der Waals surface area (Å²) in [6.45, 7) is 9.42. The zero-order valence-electron chi connectivity index (χ0n) is 10.4. The van der Waals surface area contributed by atoms with Gasteiger partial charge in [-0.25, -0.2) is 0 Å². The first-order valence-electron chi connectivity index (χ1n) is 6.35. The third kappa shape index (κ3) is 3.15. The van der Waals surface area contributed by atoms with Crippen molar-refractivity contribution in [3.8, 4) is 0 Å². The van der Waals surface area contributed by atoms with Crippen LogP contribution in [0.2, 0.25) is 0 Å². The van der Waals surface area contributed by atoms with Gasteiger partial charge in [-0.1, -0.05) is 45.3 Å². The number of hydrogen-bond acceptors (Lipinski definition) is 0. The molecule has 1 rings (SSSR count). The zero-order chi connectivity index (χ0) is 10.6. The Morgan fingerprint density at radius 2 is 2.07 bits per heavy atom. The Kier molecular flexibility index (Phi) is 4.71. The molecule has 1 atom stereocenters. The van der Waals surface area contributed by atoms with Crippen molar-refractivity contribution in [2.75, 3.05) is 0 Å². The Labute approximate surface area is 89.8 Å². The van der Waals surface area contributed by atoms with Crippen molar-refractivity contribution in [1.29, 1.82) is 0 Å². The van der Waals surface area contributed by atoms with Crippen molar-refractivity contribution in [2.45, 2.75) is 66.2 Å². The highest BCUT2D eigenvalue weighted by atomic mass is 14.2. The van der Waals surface area contributed by atoms with Crippen LogP contribution in [0.1, 0.15) is 66.2 Å². The summed E-state index contributed by atoms with van der Waals surface area (Å²) in [6.07, 6.45) is 8.27. The van der Waals surface area contributed by atoms with Crippen LogP contribution in [0.4, 0.5) is 0 Å². The van der Waals surface area contributed by atoms with E-state index in [1.807, 2.05) is 0 Å². The molecule has 1 aliphatic carbocycles. The van der Waals surface area contributed by atoms with E-state index in [2.05, 4.69) is 27.7 Å². The molecule has 0 fully saturated rings. The van der Waals surface area contributed by atoms with Gasteiger partial charge in [0.25, 0.3) is 0 Å². The van der Waals surface area contributed by atoms with Gasteiger partial charge in [-0.05, 0) is 43.9 Å². The van der Waals surface area contributed by atoms with Gasteiger partial charge in [0.15, 0.2) is 0 Å². The van der Waals surface area contributed by atoms with Gasteiger partial charge in [0.2, 0.25) is 0 Å². The number of unbranched alkanes of at least 4 members (excludes halogenated alkanes) is 1. The van der Waals surface area contributed by atoms with Gasteiger partial charge in [0, 0.05) is 0 Å². The van der Waals surface area contributed by atoms with E-state index in [9.17, 15) is 0 Å². The highest BCUT2D eigenvalue weighted by Crippen LogP contribution is 2.35. The van der Waals surface area contributed by atoms with Crippen molar-refractivity contribution < 1.29 is 0 Å². The normalized spacial score (nSPS) is 23.4. The molecule has 0 aromatic rings. The lowest BCUT2D eigenvalue weighted by Crippen LogP contribution is -2.11. The van der Waals surface area contributed by atoms with E-state index in [1.165, 1.54) is 38.5 Å². The summed E-state index contributed by atoms with van der Waals surface area (Å²) < 4.78 is 0. The minimum Gasteiger partial charge on any atom is -0.0705 e. The maximum Gasteiger partial charge on any atom is -0.0257 e. The van der Waals surface area contributed by atoms with Gasteiger partial charge in [-0.2, -0.15) is 0 Å². The van der Waals surface area contributed by atoms with Crippen molar-refractivity contribution in [3.05, 3.63) is 11.1 Å². The van der Waals surface area contributed by atoms with Gasteiger partial charge in [0.1, 0.15) is 0 Å². The topological polar surface area (TPSA) is 0 Å². The third-order valence-electron chi connectivity index (χ3n) is 3.48. The maximum atomic E-state index is 2.41. The van der Waals surface area contributed by atoms with Crippen molar-refractivity contribution in [3.63, 3.8) is 0 Å². The average molecular weight is 194 g/mol. The summed E-state index contributed by atoms with van der Waals surface area (Å²) >= 11 is 0. The molecule has 0 aliphatic heterocycles. The second-order valence-electron chi connectivity index (χ2n) is 5.24. The molecule has 0 bridgehead atoms. The smallest absolute Gasteiger partial charge is 0.0257 e. The molecular weight excluding hydrogens is 168 g/mol. The first-order chi connectivity index (χ1) is 6.65. The second kappa shape index (κ2) is 5.58. The molecule has 0 aromatic heterocycles. The molecule has 0 saturated heterocycles. The zero-order valence-corrected chi connectivity index (χ0v) is 10.4. The SMILES string of the molecule is CCCCC1=C(C(C)C)CCC(C)C1. The molecule has 0 heterocycles. The Morgan fingerprint density at radius 3 is 2.64 bits per heavy atom. The lowest BCUT2D eigenvalue weighted by atomic mass is 9.79. The van der Waals surface area contributed by atoms with Crippen molar-refractivity contribution in [2.24, 2.45) is 11.8 Å². The van der Waals surface area contributed by atoms with E-state index < -0.39 is 0 Å². The van der Waals surface area contributed by atoms with Crippen LogP contribution in [-0.4, -0.2) is 0 Å². The van der Waals surface area contributed by atoms with Crippen LogP contribution in [0.3, 0.4) is 0 Å². The minimum atomic E-state index is 0.786. The fraction of sp³-hybridized carbons (Fsp3) is 0.857. The predicted octanol–water partition coefficient (Wildman–Crippen LogP) is 4.95. The summed E-state index contributed by atoms with van der Waals surface area (Å²) in [6, 6.07) is 0. The minimum absolute atomic E-state index is 0.786. The molecule has 0 heteroatoms. The lowest BCUT2D eigenvalue weighted by molar-refractivity contribution is 0.459. The Morgan fingerprint density at radius 1 is 1.36 bits per heavy atom. The maximum absolute atomic E-state index is 2.41. The molecule has 82 valence electrons. The Bertz CT molecular complexity index is 198. The first kappa shape index (κ1) is 11.8. The lowest BCUT2D eigenvalue weighted by Gasteiger charge is -2.27. The van der Waals surface area contributed by atoms with Gasteiger partial charge < -0.3 is 0 Å². The van der Waals surface area contributed by atoms with E-state index in [0.29, 0.717) is 0 Å². The van der Waals surface area contributed by atoms with Crippen LogP contribution in [0.15, 0.2) is 11.1 Å². The summed E-state index contributed by atoms with van der Waals surface area (Å²) in [5.41, 5.74) is 3.59. The molecular formula is C14H26. The van der Waals surface area contributed by atoms with E-state index in [-0.39, 0.29) is 0 Å². The van der Waals surface area contributed by atoms with E-state index in [1.54, 1.807) is 11.1 Å². The van der Waals surface area contributed by atoms with Gasteiger partial charge in [-0.15, -0.1) is 0 Å². The van der Waals surface area contributed by atoms with Gasteiger partial charge in [-0.3, -0.25) is 0 Å². The summed E-state index contributed by atoms with van der Waals surface area (Å²) in [5, 5.41) is 0. The van der Waals surface area contributed by atoms with Crippen LogP contribution < -0.4 is 0 Å². The number of hydrogen-bond donors (Lipinski definition) is 0. The highest BCUT2D eigenvalue weighted by Gasteiger charge is 2.18. The fourth-order valence-corrected chi connectivity index (χ4v) is 2.58. The molecule has 0 nitrogen and oxygen atoms in total. The van der Waals surface area contributed by atoms with Gasteiger partial charge >= 0.3 is 0 Å². The fourth-order valence-electron chi connectivity index (χ4n) is 2.58. The van der Waals surface area contributed by atoms with Crippen LogP contribution in [0.25, 0.3) is 0 Å². The Hall–Kier alpha value is -0.260. The van der Waals surface area contributed by atoms with E-state index in [0.717, 1.165) is 11.8 Å². The molecule has 0 amide bonds. The molecule has 0 spiro atoms. The summed E-state index contributed by atoms with van der Waals surface area (Å²) in [7, 11) is 0. The molecule has 0 saturated carbocycles. The molecule has 0 radical (unpaired) electrons. The first-order valence-corrected chi connectivity index (χ1v) is 6.35. The number of allylic oxidation sites excluding steroid dienone is 2. The predicted molar refractivity (Wildman–Crippen MR) is 64.4 cm³/mol. The second-order valence-corrected chi connectivity index (χ2v) is 5.24. The summed E-state index contributed by atoms with van der Waals surface area (Å²) in [5.74, 6) is 1.72. The van der Waals surface area contributed by atoms with Crippen molar-refractivity contribution in [1.82, 2.24) is 0 Å². The van der Waals surface area contributed by atoms with Gasteiger partial charge in [0.05, 0.1) is 0 Å². The van der Waals surface area contributed by atoms with Crippen LogP contribution in [-0.2, 0) is 0 Å². The van der Waals surface area contributed by atoms with E-state index in [4.69, 9.17) is 0 Å². The van der Waals surface area contributed by atoms with Crippen LogP contribution in [0, 0.1) is 11.8 Å². The molecule has 1 unspecified atom stereocenters. The number of rotatable bonds is 4. The standard InChI is InChI=1S/C14H26/c1-5-6-7-13-10-12(4)8-9-14(13)11(2)3/h11-12H,5-10H2,1-4H3. The van der Waals surface area contributed by atoms with Crippen LogP contribution in [0.5, 0.6) is 0 Å². The average Bonchev–Trinajstić information content (AvgIpc) is 2.14. The summed E-state index contributed by atoms with van der Waals surface area (Å²) in [4.78, 5) is 0. The quantitative estimate of drug-likeness (QED) is 0.555. The van der Waals surface area contributed by atoms with Crippen molar-refractivity contribution >= 4 is 0 Å². The molecule has 0 N–H and O–H groups in total. The molecule has 14 heavy (non-hydrogen) atoms. The Balaban J connectivity index is 2.67. The van der Waals surface area contributed by atoms with Crippen LogP contribution >= 0.6 is 0 Å². The van der Waals surface area contributed by atoms with E-state index >= 15 is 0 Å². The monoisotopic (exact) mass is 194 g/mol. The third-order valence-corrected chi connectivity index (χ3v) is 3.48. The molecule has 0 aromatic carbocycles.